The summed E-state index contributed by atoms with van der Waals surface area (Å²) in [5.74, 6) is 0. The van der Waals surface area contributed by atoms with Gasteiger partial charge in [0, 0.05) is 6.54 Å². The first kappa shape index (κ1) is 14.3. The van der Waals surface area contributed by atoms with Crippen LogP contribution in [0.25, 0.3) is 0 Å². The van der Waals surface area contributed by atoms with Crippen LogP contribution in [0.4, 0.5) is 0 Å². The average Bonchev–Trinajstić information content (AvgIpc) is 3.02. The van der Waals surface area contributed by atoms with Crippen LogP contribution in [0.2, 0.25) is 0 Å². The molecule has 1 fully saturated rings. The van der Waals surface area contributed by atoms with Gasteiger partial charge in [0.05, 0.1) is 5.54 Å². The van der Waals surface area contributed by atoms with Gasteiger partial charge in [-0.2, -0.15) is 0 Å². The van der Waals surface area contributed by atoms with Gasteiger partial charge in [0.1, 0.15) is 0 Å². The van der Waals surface area contributed by atoms with Crippen LogP contribution in [0.3, 0.4) is 0 Å². The second-order valence-electron chi connectivity index (χ2n) is 6.17. The molecule has 2 heteroatoms. The van der Waals surface area contributed by atoms with Gasteiger partial charge in [-0.15, -0.1) is 0 Å². The largest absolute Gasteiger partial charge is 0.320 e. The summed E-state index contributed by atoms with van der Waals surface area (Å²) in [4.78, 5) is 2.51. The monoisotopic (exact) mass is 280 g/mol. The van der Waals surface area contributed by atoms with Crippen molar-refractivity contribution in [2.24, 2.45) is 5.73 Å². The molecular formula is C19H24N2. The van der Waals surface area contributed by atoms with Crippen LogP contribution in [0.15, 0.2) is 60.7 Å². The zero-order chi connectivity index (χ0) is 14.5. The first-order valence-electron chi connectivity index (χ1n) is 7.87. The van der Waals surface area contributed by atoms with Crippen LogP contribution in [0.5, 0.6) is 0 Å². The van der Waals surface area contributed by atoms with E-state index in [0.717, 1.165) is 13.0 Å². The normalized spacial score (nSPS) is 18.5. The molecule has 0 radical (unpaired) electrons. The summed E-state index contributed by atoms with van der Waals surface area (Å²) in [6.45, 7) is 3.30. The molecule has 0 saturated carbocycles. The van der Waals surface area contributed by atoms with E-state index in [1.54, 1.807) is 0 Å². The van der Waals surface area contributed by atoms with Gasteiger partial charge >= 0.3 is 0 Å². The standard InChI is InChI=1S/C19H24N2/c20-19(16-21-13-7-8-14-21,18-11-5-2-6-12-18)15-17-9-3-1-4-10-17/h1-6,9-12H,7-8,13-16,20H2. The average molecular weight is 280 g/mol. The van der Waals surface area contributed by atoms with Gasteiger partial charge in [-0.3, -0.25) is 0 Å². The van der Waals surface area contributed by atoms with Crippen LogP contribution < -0.4 is 5.73 Å². The van der Waals surface area contributed by atoms with Gasteiger partial charge in [0.25, 0.3) is 0 Å². The minimum atomic E-state index is -0.313. The zero-order valence-corrected chi connectivity index (χ0v) is 12.5. The Morgan fingerprint density at radius 1 is 0.857 bits per heavy atom. The van der Waals surface area contributed by atoms with Crippen molar-refractivity contribution in [3.05, 3.63) is 71.8 Å². The molecule has 2 aromatic rings. The van der Waals surface area contributed by atoms with Crippen LogP contribution in [0.1, 0.15) is 24.0 Å². The van der Waals surface area contributed by atoms with E-state index in [4.69, 9.17) is 5.73 Å². The van der Waals surface area contributed by atoms with Gasteiger partial charge in [-0.1, -0.05) is 60.7 Å². The summed E-state index contributed by atoms with van der Waals surface area (Å²) in [7, 11) is 0. The highest BCUT2D eigenvalue weighted by Gasteiger charge is 2.31. The molecule has 2 N–H and O–H groups in total. The third-order valence-corrected chi connectivity index (χ3v) is 4.42. The molecule has 1 aliphatic rings. The number of likely N-dealkylation sites (tertiary alicyclic amines) is 1. The quantitative estimate of drug-likeness (QED) is 0.911. The number of benzene rings is 2. The Balaban J connectivity index is 1.86. The molecule has 3 rings (SSSR count). The van der Waals surface area contributed by atoms with Crippen LogP contribution in [0, 0.1) is 0 Å². The van der Waals surface area contributed by atoms with E-state index < -0.39 is 0 Å². The van der Waals surface area contributed by atoms with Crippen molar-refractivity contribution in [1.29, 1.82) is 0 Å². The van der Waals surface area contributed by atoms with Crippen molar-refractivity contribution < 1.29 is 0 Å². The molecule has 1 aliphatic heterocycles. The zero-order valence-electron chi connectivity index (χ0n) is 12.5. The maximum atomic E-state index is 6.89. The van der Waals surface area contributed by atoms with Crippen molar-refractivity contribution in [3.8, 4) is 0 Å². The van der Waals surface area contributed by atoms with E-state index in [1.165, 1.54) is 37.1 Å². The smallest absolute Gasteiger partial charge is 0.0579 e. The number of rotatable bonds is 5. The maximum Gasteiger partial charge on any atom is 0.0579 e. The predicted molar refractivity (Wildman–Crippen MR) is 88.1 cm³/mol. The molecular weight excluding hydrogens is 256 g/mol. The summed E-state index contributed by atoms with van der Waals surface area (Å²) in [5, 5.41) is 0. The predicted octanol–water partition coefficient (Wildman–Crippen LogP) is 3.18. The first-order valence-corrected chi connectivity index (χ1v) is 7.87. The van der Waals surface area contributed by atoms with Gasteiger partial charge in [-0.05, 0) is 43.5 Å². The van der Waals surface area contributed by atoms with E-state index in [0.29, 0.717) is 0 Å². The Labute approximate surface area is 127 Å². The first-order chi connectivity index (χ1) is 10.3. The highest BCUT2D eigenvalue weighted by atomic mass is 15.2. The molecule has 110 valence electrons. The molecule has 2 aromatic carbocycles. The molecule has 21 heavy (non-hydrogen) atoms. The van der Waals surface area contributed by atoms with Crippen LogP contribution >= 0.6 is 0 Å². The Kier molecular flexibility index (Phi) is 4.37. The highest BCUT2D eigenvalue weighted by molar-refractivity contribution is 5.29. The Morgan fingerprint density at radius 2 is 1.43 bits per heavy atom. The van der Waals surface area contributed by atoms with Crippen LogP contribution in [-0.4, -0.2) is 24.5 Å². The fourth-order valence-corrected chi connectivity index (χ4v) is 3.32. The Morgan fingerprint density at radius 3 is 2.05 bits per heavy atom. The van der Waals surface area contributed by atoms with E-state index in [1.807, 2.05) is 0 Å². The molecule has 0 aliphatic carbocycles. The van der Waals surface area contributed by atoms with Crippen molar-refractivity contribution in [1.82, 2.24) is 4.90 Å². The van der Waals surface area contributed by atoms with Crippen molar-refractivity contribution >= 4 is 0 Å². The lowest BCUT2D eigenvalue weighted by Crippen LogP contribution is -2.48. The van der Waals surface area contributed by atoms with Gasteiger partial charge < -0.3 is 10.6 Å². The lowest BCUT2D eigenvalue weighted by atomic mass is 9.84. The SMILES string of the molecule is NC(Cc1ccccc1)(CN1CCCC1)c1ccccc1. The van der Waals surface area contributed by atoms with E-state index in [2.05, 4.69) is 65.6 Å². The number of nitrogens with zero attached hydrogens (tertiary/aromatic N) is 1. The number of hydrogen-bond donors (Lipinski definition) is 1. The lowest BCUT2D eigenvalue weighted by Gasteiger charge is -2.34. The Hall–Kier alpha value is -1.64. The third kappa shape index (κ3) is 3.52. The summed E-state index contributed by atoms with van der Waals surface area (Å²) in [5.41, 5.74) is 9.12. The molecule has 1 atom stereocenters. The fraction of sp³-hybridized carbons (Fsp3) is 0.368. The minimum Gasteiger partial charge on any atom is -0.320 e. The summed E-state index contributed by atoms with van der Waals surface area (Å²) >= 11 is 0. The summed E-state index contributed by atoms with van der Waals surface area (Å²) < 4.78 is 0. The summed E-state index contributed by atoms with van der Waals surface area (Å²) in [6.07, 6.45) is 3.49. The second-order valence-corrected chi connectivity index (χ2v) is 6.17. The van der Waals surface area contributed by atoms with Gasteiger partial charge in [-0.25, -0.2) is 0 Å². The highest BCUT2D eigenvalue weighted by Crippen LogP contribution is 2.26. The van der Waals surface area contributed by atoms with E-state index in [9.17, 15) is 0 Å². The molecule has 1 saturated heterocycles. The third-order valence-electron chi connectivity index (χ3n) is 4.42. The second kappa shape index (κ2) is 6.42. The fourth-order valence-electron chi connectivity index (χ4n) is 3.32. The van der Waals surface area contributed by atoms with Gasteiger partial charge in [0.2, 0.25) is 0 Å². The lowest BCUT2D eigenvalue weighted by molar-refractivity contribution is 0.245. The topological polar surface area (TPSA) is 29.3 Å². The molecule has 0 aromatic heterocycles. The minimum absolute atomic E-state index is 0.313. The van der Waals surface area contributed by atoms with E-state index in [-0.39, 0.29) is 5.54 Å². The molecule has 0 amide bonds. The molecule has 1 heterocycles. The summed E-state index contributed by atoms with van der Waals surface area (Å²) in [6, 6.07) is 21.2. The van der Waals surface area contributed by atoms with Crippen molar-refractivity contribution in [3.63, 3.8) is 0 Å². The molecule has 0 spiro atoms. The van der Waals surface area contributed by atoms with Crippen molar-refractivity contribution in [2.45, 2.75) is 24.8 Å². The number of hydrogen-bond acceptors (Lipinski definition) is 2. The molecule has 0 bridgehead atoms. The van der Waals surface area contributed by atoms with E-state index >= 15 is 0 Å². The Bertz CT molecular complexity index is 546. The van der Waals surface area contributed by atoms with Gasteiger partial charge in [0.15, 0.2) is 0 Å². The number of nitrogens with two attached hydrogens (primary N) is 1. The molecule has 1 unspecified atom stereocenters. The van der Waals surface area contributed by atoms with Crippen LogP contribution in [-0.2, 0) is 12.0 Å². The maximum absolute atomic E-state index is 6.89. The van der Waals surface area contributed by atoms with Crippen molar-refractivity contribution in [2.75, 3.05) is 19.6 Å². The molecule has 2 nitrogen and oxygen atoms in total.